The van der Waals surface area contributed by atoms with Crippen molar-refractivity contribution in [3.8, 4) is 11.8 Å². The fourth-order valence-electron chi connectivity index (χ4n) is 0.593. The minimum Gasteiger partial charge on any atom is -0.348 e. The fourth-order valence-corrected chi connectivity index (χ4v) is 0.593. The summed E-state index contributed by atoms with van der Waals surface area (Å²) in [7, 11) is 0. The van der Waals surface area contributed by atoms with Crippen LogP contribution < -0.4 is 5.32 Å². The van der Waals surface area contributed by atoms with Crippen molar-refractivity contribution >= 4 is 6.41 Å². The predicted molar refractivity (Wildman–Crippen MR) is 42.9 cm³/mol. The van der Waals surface area contributed by atoms with E-state index in [0.29, 0.717) is 6.41 Å². The Morgan fingerprint density at radius 1 is 1.54 bits per heavy atom. The zero-order valence-corrected chi connectivity index (χ0v) is 6.62. The highest BCUT2D eigenvalue weighted by molar-refractivity contribution is 5.46. The van der Waals surface area contributed by atoms with Crippen LogP contribution in [0.4, 0.5) is 4.39 Å². The van der Waals surface area contributed by atoms with E-state index in [2.05, 4.69) is 27.1 Å². The van der Waals surface area contributed by atoms with Gasteiger partial charge in [0.15, 0.2) is 5.82 Å². The van der Waals surface area contributed by atoms with Crippen LogP contribution >= 0.6 is 0 Å². The largest absolute Gasteiger partial charge is 0.348 e. The molecule has 4 nitrogen and oxygen atoms in total. The summed E-state index contributed by atoms with van der Waals surface area (Å²) in [5.74, 6) is 4.86. The average molecular weight is 179 g/mol. The summed E-state index contributed by atoms with van der Waals surface area (Å²) in [6.07, 6.45) is 2.61. The average Bonchev–Trinajstić information content (AvgIpc) is 2.15. The van der Waals surface area contributed by atoms with Crippen molar-refractivity contribution in [2.75, 3.05) is 6.54 Å². The molecule has 0 fully saturated rings. The first kappa shape index (κ1) is 9.13. The van der Waals surface area contributed by atoms with Gasteiger partial charge in [-0.05, 0) is 5.92 Å². The number of amides is 1. The van der Waals surface area contributed by atoms with Gasteiger partial charge in [-0.15, -0.1) is 0 Å². The third kappa shape index (κ3) is 3.29. The van der Waals surface area contributed by atoms with Gasteiger partial charge < -0.3 is 5.32 Å². The Hall–Kier alpha value is -1.96. The number of halogens is 1. The number of carbonyl (C=O) groups excluding carboxylic acids is 1. The zero-order chi connectivity index (χ0) is 9.52. The van der Waals surface area contributed by atoms with Crippen molar-refractivity contribution in [2.45, 2.75) is 0 Å². The molecule has 66 valence electrons. The second-order valence-corrected chi connectivity index (χ2v) is 2.03. The van der Waals surface area contributed by atoms with Crippen LogP contribution in [0.5, 0.6) is 0 Å². The molecule has 1 aromatic rings. The molecule has 0 saturated carbocycles. The third-order valence-electron chi connectivity index (χ3n) is 1.09. The van der Waals surface area contributed by atoms with Gasteiger partial charge in [0.25, 0.3) is 0 Å². The Morgan fingerprint density at radius 2 is 2.23 bits per heavy atom. The van der Waals surface area contributed by atoms with Gasteiger partial charge in [-0.1, -0.05) is 5.92 Å². The van der Waals surface area contributed by atoms with Gasteiger partial charge in [-0.25, -0.2) is 14.4 Å². The van der Waals surface area contributed by atoms with Crippen LogP contribution in [0.25, 0.3) is 0 Å². The first-order chi connectivity index (χ1) is 6.33. The molecule has 1 heterocycles. The lowest BCUT2D eigenvalue weighted by Crippen LogP contribution is -2.09. The van der Waals surface area contributed by atoms with Crippen molar-refractivity contribution in [1.82, 2.24) is 15.3 Å². The molecule has 0 aromatic carbocycles. The van der Waals surface area contributed by atoms with Crippen molar-refractivity contribution in [3.05, 3.63) is 24.0 Å². The van der Waals surface area contributed by atoms with Crippen molar-refractivity contribution < 1.29 is 9.18 Å². The predicted octanol–water partition coefficient (Wildman–Crippen LogP) is -0.287. The molecule has 1 N–H and O–H groups in total. The second-order valence-electron chi connectivity index (χ2n) is 2.03. The molecule has 0 aliphatic carbocycles. The Kier molecular flexibility index (Phi) is 3.39. The molecule has 1 amide bonds. The molecule has 1 aromatic heterocycles. The molecular weight excluding hydrogens is 173 g/mol. The molecule has 0 unspecified atom stereocenters. The van der Waals surface area contributed by atoms with Crippen molar-refractivity contribution in [1.29, 1.82) is 0 Å². The number of hydrogen-bond acceptors (Lipinski definition) is 3. The number of nitrogens with zero attached hydrogens (tertiary/aromatic N) is 2. The van der Waals surface area contributed by atoms with Crippen LogP contribution in [-0.4, -0.2) is 22.9 Å². The molecule has 5 heteroatoms. The second kappa shape index (κ2) is 4.83. The van der Waals surface area contributed by atoms with Crippen LogP contribution in [0.15, 0.2) is 12.4 Å². The Labute approximate surface area is 74.2 Å². The SMILES string of the molecule is O=CNCC#Cc1ncc(F)cn1. The van der Waals surface area contributed by atoms with E-state index in [-0.39, 0.29) is 12.4 Å². The minimum absolute atomic E-state index is 0.226. The van der Waals surface area contributed by atoms with Crippen LogP contribution in [0.2, 0.25) is 0 Å². The lowest BCUT2D eigenvalue weighted by Gasteiger charge is -1.87. The van der Waals surface area contributed by atoms with E-state index in [1.54, 1.807) is 0 Å². The molecule has 0 radical (unpaired) electrons. The number of hydrogen-bond donors (Lipinski definition) is 1. The first-order valence-electron chi connectivity index (χ1n) is 3.46. The number of nitrogens with one attached hydrogen (secondary N) is 1. The van der Waals surface area contributed by atoms with E-state index in [9.17, 15) is 9.18 Å². The lowest BCUT2D eigenvalue weighted by molar-refractivity contribution is -0.109. The van der Waals surface area contributed by atoms with Gasteiger partial charge in [0.05, 0.1) is 18.9 Å². The van der Waals surface area contributed by atoms with Crippen LogP contribution in [0.1, 0.15) is 5.82 Å². The molecule has 0 bridgehead atoms. The summed E-state index contributed by atoms with van der Waals surface area (Å²) in [5, 5.41) is 2.35. The minimum atomic E-state index is -0.503. The Morgan fingerprint density at radius 3 is 2.85 bits per heavy atom. The molecular formula is C8H6FN3O. The highest BCUT2D eigenvalue weighted by Crippen LogP contribution is 1.90. The van der Waals surface area contributed by atoms with Gasteiger partial charge in [-0.3, -0.25) is 4.79 Å². The molecule has 0 spiro atoms. The van der Waals surface area contributed by atoms with E-state index in [1.165, 1.54) is 0 Å². The molecule has 1 rings (SSSR count). The van der Waals surface area contributed by atoms with Crippen LogP contribution in [0.3, 0.4) is 0 Å². The topological polar surface area (TPSA) is 54.9 Å². The number of carbonyl (C=O) groups is 1. The summed E-state index contributed by atoms with van der Waals surface area (Å²) >= 11 is 0. The van der Waals surface area contributed by atoms with E-state index in [0.717, 1.165) is 12.4 Å². The highest BCUT2D eigenvalue weighted by Gasteiger charge is 1.90. The summed E-state index contributed by atoms with van der Waals surface area (Å²) in [5.41, 5.74) is 0. The standard InChI is InChI=1S/C8H6FN3O/c9-7-4-11-8(12-5-7)2-1-3-10-6-13/h4-6H,3H2,(H,10,13). The summed E-state index contributed by atoms with van der Waals surface area (Å²) in [6, 6.07) is 0. The summed E-state index contributed by atoms with van der Waals surface area (Å²) in [4.78, 5) is 17.0. The number of aromatic nitrogens is 2. The molecule has 13 heavy (non-hydrogen) atoms. The molecule has 0 atom stereocenters. The van der Waals surface area contributed by atoms with Gasteiger partial charge in [0.1, 0.15) is 0 Å². The van der Waals surface area contributed by atoms with E-state index in [4.69, 9.17) is 0 Å². The highest BCUT2D eigenvalue weighted by atomic mass is 19.1. The van der Waals surface area contributed by atoms with E-state index < -0.39 is 5.82 Å². The molecule has 0 aliphatic heterocycles. The van der Waals surface area contributed by atoms with Gasteiger partial charge in [-0.2, -0.15) is 0 Å². The fraction of sp³-hybridized carbons (Fsp3) is 0.125. The monoisotopic (exact) mass is 179 g/mol. The summed E-state index contributed by atoms with van der Waals surface area (Å²) in [6.45, 7) is 0.226. The zero-order valence-electron chi connectivity index (χ0n) is 6.62. The molecule has 0 aliphatic rings. The van der Waals surface area contributed by atoms with E-state index in [1.807, 2.05) is 0 Å². The molecule has 0 saturated heterocycles. The maximum atomic E-state index is 12.3. The maximum absolute atomic E-state index is 12.3. The van der Waals surface area contributed by atoms with Crippen LogP contribution in [-0.2, 0) is 4.79 Å². The van der Waals surface area contributed by atoms with Crippen molar-refractivity contribution in [3.63, 3.8) is 0 Å². The van der Waals surface area contributed by atoms with Gasteiger partial charge >= 0.3 is 0 Å². The quantitative estimate of drug-likeness (QED) is 0.385. The normalized spacial score (nSPS) is 8.38. The Balaban J connectivity index is 2.56. The smallest absolute Gasteiger partial charge is 0.207 e. The number of rotatable bonds is 2. The summed E-state index contributed by atoms with van der Waals surface area (Å²) < 4.78 is 12.3. The Bertz CT molecular complexity index is 339. The first-order valence-corrected chi connectivity index (χ1v) is 3.46. The van der Waals surface area contributed by atoms with E-state index >= 15 is 0 Å². The van der Waals surface area contributed by atoms with Crippen LogP contribution in [0, 0.1) is 17.7 Å². The van der Waals surface area contributed by atoms with Crippen molar-refractivity contribution in [2.24, 2.45) is 0 Å². The van der Waals surface area contributed by atoms with Gasteiger partial charge in [0, 0.05) is 0 Å². The van der Waals surface area contributed by atoms with Gasteiger partial charge in [0.2, 0.25) is 12.2 Å². The third-order valence-corrected chi connectivity index (χ3v) is 1.09. The lowest BCUT2D eigenvalue weighted by atomic mass is 10.5. The maximum Gasteiger partial charge on any atom is 0.207 e.